The zero-order valence-corrected chi connectivity index (χ0v) is 9.31. The van der Waals surface area contributed by atoms with Gasteiger partial charge in [-0.05, 0) is 43.9 Å². The average Bonchev–Trinajstić information content (AvgIpc) is 2.19. The molecule has 0 unspecified atom stereocenters. The first kappa shape index (κ1) is 10.9. The molecule has 2 nitrogen and oxygen atoms in total. The lowest BCUT2D eigenvalue weighted by Crippen LogP contribution is -1.96. The minimum Gasteiger partial charge on any atom is -0.507 e. The Balaban J connectivity index is 3.43. The van der Waals surface area contributed by atoms with Gasteiger partial charge in [0.2, 0.25) is 0 Å². The van der Waals surface area contributed by atoms with E-state index in [1.807, 2.05) is 13.8 Å². The summed E-state index contributed by atoms with van der Waals surface area (Å²) in [4.78, 5) is 0. The van der Waals surface area contributed by atoms with E-state index in [9.17, 15) is 10.2 Å². The van der Waals surface area contributed by atoms with E-state index in [1.165, 1.54) is 0 Å². The average molecular weight is 194 g/mol. The maximum absolute atomic E-state index is 9.76. The molecule has 0 aliphatic rings. The summed E-state index contributed by atoms with van der Waals surface area (Å²) in [5, 5.41) is 19.5. The number of hydrogen-bond acceptors (Lipinski definition) is 2. The van der Waals surface area contributed by atoms with Crippen molar-refractivity contribution in [3.8, 4) is 11.5 Å². The Bertz CT molecular complexity index is 325. The van der Waals surface area contributed by atoms with Crippen molar-refractivity contribution in [2.24, 2.45) is 0 Å². The zero-order chi connectivity index (χ0) is 10.9. The summed E-state index contributed by atoms with van der Waals surface area (Å²) < 4.78 is 0. The Hall–Kier alpha value is -1.18. The van der Waals surface area contributed by atoms with Crippen LogP contribution >= 0.6 is 0 Å². The van der Waals surface area contributed by atoms with Gasteiger partial charge in [-0.1, -0.05) is 13.3 Å². The van der Waals surface area contributed by atoms with Gasteiger partial charge < -0.3 is 10.2 Å². The summed E-state index contributed by atoms with van der Waals surface area (Å²) >= 11 is 0. The number of hydrogen-bond donors (Lipinski definition) is 2. The highest BCUT2D eigenvalue weighted by molar-refractivity contribution is 5.56. The van der Waals surface area contributed by atoms with Gasteiger partial charge in [0.1, 0.15) is 11.5 Å². The number of rotatable bonds is 2. The van der Waals surface area contributed by atoms with Crippen molar-refractivity contribution in [3.63, 3.8) is 0 Å². The minimum atomic E-state index is 0.233. The van der Waals surface area contributed by atoms with Gasteiger partial charge in [-0.15, -0.1) is 0 Å². The molecule has 1 aromatic rings. The molecule has 1 aromatic carbocycles. The van der Waals surface area contributed by atoms with Crippen LogP contribution in [0.1, 0.15) is 35.6 Å². The second kappa shape index (κ2) is 3.91. The van der Waals surface area contributed by atoms with Crippen LogP contribution in [0.5, 0.6) is 11.5 Å². The van der Waals surface area contributed by atoms with Gasteiger partial charge in [0.25, 0.3) is 0 Å². The molecule has 0 aromatic heterocycles. The van der Waals surface area contributed by atoms with Gasteiger partial charge >= 0.3 is 0 Å². The van der Waals surface area contributed by atoms with Crippen LogP contribution in [-0.4, -0.2) is 10.2 Å². The fourth-order valence-electron chi connectivity index (χ4n) is 1.87. The molecule has 0 spiro atoms. The number of phenolic OH excluding ortho intramolecular Hbond substituents is 2. The molecule has 0 atom stereocenters. The topological polar surface area (TPSA) is 40.5 Å². The molecule has 14 heavy (non-hydrogen) atoms. The first-order valence-electron chi connectivity index (χ1n) is 5.01. The predicted octanol–water partition coefficient (Wildman–Crippen LogP) is 2.98. The quantitative estimate of drug-likeness (QED) is 0.759. The summed E-state index contributed by atoms with van der Waals surface area (Å²) in [6.45, 7) is 7.63. The van der Waals surface area contributed by atoms with E-state index in [2.05, 4.69) is 6.92 Å². The standard InChI is InChI=1S/C12H18O2/c1-5-6-10-7(2)11(13)9(4)12(14)8(10)3/h13-14H,5-6H2,1-4H3. The molecule has 0 saturated carbocycles. The van der Waals surface area contributed by atoms with E-state index in [0.717, 1.165) is 29.5 Å². The Kier molecular flexibility index (Phi) is 3.04. The molecule has 0 heterocycles. The van der Waals surface area contributed by atoms with Gasteiger partial charge in [0.15, 0.2) is 0 Å². The Morgan fingerprint density at radius 3 is 1.64 bits per heavy atom. The minimum absolute atomic E-state index is 0.233. The largest absolute Gasteiger partial charge is 0.507 e. The fourth-order valence-corrected chi connectivity index (χ4v) is 1.87. The first-order valence-corrected chi connectivity index (χ1v) is 5.01. The molecule has 0 amide bonds. The van der Waals surface area contributed by atoms with E-state index in [0.29, 0.717) is 5.56 Å². The molecule has 1 rings (SSSR count). The monoisotopic (exact) mass is 194 g/mol. The van der Waals surface area contributed by atoms with Crippen LogP contribution in [0.3, 0.4) is 0 Å². The molecule has 2 heteroatoms. The third kappa shape index (κ3) is 1.57. The molecule has 0 bridgehead atoms. The van der Waals surface area contributed by atoms with Crippen molar-refractivity contribution in [2.45, 2.75) is 40.5 Å². The van der Waals surface area contributed by atoms with Crippen molar-refractivity contribution in [3.05, 3.63) is 22.3 Å². The smallest absolute Gasteiger partial charge is 0.125 e. The molecule has 78 valence electrons. The molecule has 0 aliphatic carbocycles. The van der Waals surface area contributed by atoms with Gasteiger partial charge in [-0.3, -0.25) is 0 Å². The van der Waals surface area contributed by atoms with Crippen LogP contribution in [0, 0.1) is 20.8 Å². The highest BCUT2D eigenvalue weighted by Crippen LogP contribution is 2.36. The van der Waals surface area contributed by atoms with Crippen LogP contribution in [0.4, 0.5) is 0 Å². The van der Waals surface area contributed by atoms with Crippen molar-refractivity contribution >= 4 is 0 Å². The molecule has 0 aliphatic heterocycles. The summed E-state index contributed by atoms with van der Waals surface area (Å²) in [6.07, 6.45) is 1.92. The van der Waals surface area contributed by atoms with E-state index < -0.39 is 0 Å². The number of benzene rings is 1. The lowest BCUT2D eigenvalue weighted by molar-refractivity contribution is 0.436. The fraction of sp³-hybridized carbons (Fsp3) is 0.500. The first-order chi connectivity index (χ1) is 6.50. The maximum atomic E-state index is 9.76. The van der Waals surface area contributed by atoms with E-state index in [4.69, 9.17) is 0 Å². The maximum Gasteiger partial charge on any atom is 0.125 e. The molecule has 0 radical (unpaired) electrons. The van der Waals surface area contributed by atoms with Crippen molar-refractivity contribution in [2.75, 3.05) is 0 Å². The Labute approximate surface area is 85.2 Å². The molecular weight excluding hydrogens is 176 g/mol. The predicted molar refractivity (Wildman–Crippen MR) is 58.0 cm³/mol. The van der Waals surface area contributed by atoms with E-state index >= 15 is 0 Å². The molecule has 0 saturated heterocycles. The lowest BCUT2D eigenvalue weighted by Gasteiger charge is -2.15. The lowest BCUT2D eigenvalue weighted by atomic mass is 9.94. The number of phenols is 2. The van der Waals surface area contributed by atoms with Crippen molar-refractivity contribution in [1.82, 2.24) is 0 Å². The van der Waals surface area contributed by atoms with Gasteiger partial charge in [-0.25, -0.2) is 0 Å². The van der Waals surface area contributed by atoms with Crippen LogP contribution in [0.15, 0.2) is 0 Å². The Morgan fingerprint density at radius 1 is 0.857 bits per heavy atom. The number of aromatic hydroxyl groups is 2. The molecular formula is C12H18O2. The second-order valence-corrected chi connectivity index (χ2v) is 3.80. The summed E-state index contributed by atoms with van der Waals surface area (Å²) in [5.41, 5.74) is 3.47. The summed E-state index contributed by atoms with van der Waals surface area (Å²) in [7, 11) is 0. The van der Waals surface area contributed by atoms with Gasteiger partial charge in [0.05, 0.1) is 0 Å². The van der Waals surface area contributed by atoms with Crippen molar-refractivity contribution < 1.29 is 10.2 Å². The Morgan fingerprint density at radius 2 is 1.29 bits per heavy atom. The second-order valence-electron chi connectivity index (χ2n) is 3.80. The van der Waals surface area contributed by atoms with Crippen LogP contribution in [0.2, 0.25) is 0 Å². The van der Waals surface area contributed by atoms with Gasteiger partial charge in [-0.2, -0.15) is 0 Å². The van der Waals surface area contributed by atoms with Crippen molar-refractivity contribution in [1.29, 1.82) is 0 Å². The molecule has 0 fully saturated rings. The third-order valence-corrected chi connectivity index (χ3v) is 2.83. The molecule has 2 N–H and O–H groups in total. The van der Waals surface area contributed by atoms with Crippen LogP contribution in [-0.2, 0) is 6.42 Å². The normalized spacial score (nSPS) is 10.6. The highest BCUT2D eigenvalue weighted by atomic mass is 16.3. The van der Waals surface area contributed by atoms with Crippen LogP contribution < -0.4 is 0 Å². The van der Waals surface area contributed by atoms with Gasteiger partial charge in [0, 0.05) is 5.56 Å². The zero-order valence-electron chi connectivity index (χ0n) is 9.31. The van der Waals surface area contributed by atoms with Crippen LogP contribution in [0.25, 0.3) is 0 Å². The summed E-state index contributed by atoms with van der Waals surface area (Å²) in [5.74, 6) is 0.466. The summed E-state index contributed by atoms with van der Waals surface area (Å²) in [6, 6.07) is 0. The third-order valence-electron chi connectivity index (χ3n) is 2.83. The highest BCUT2D eigenvalue weighted by Gasteiger charge is 2.14. The van der Waals surface area contributed by atoms with E-state index in [-0.39, 0.29) is 11.5 Å². The van der Waals surface area contributed by atoms with E-state index in [1.54, 1.807) is 6.92 Å². The SMILES string of the molecule is CCCc1c(C)c(O)c(C)c(O)c1C.